The molecule has 0 aromatic rings. The summed E-state index contributed by atoms with van der Waals surface area (Å²) in [5.74, 6) is -1.25. The molecule has 0 fully saturated rings. The van der Waals surface area contributed by atoms with Gasteiger partial charge in [-0.2, -0.15) is 0 Å². The molecule has 6 nitrogen and oxygen atoms in total. The van der Waals surface area contributed by atoms with Gasteiger partial charge in [0.2, 0.25) is 5.91 Å². The lowest BCUT2D eigenvalue weighted by molar-refractivity contribution is -0.147. The van der Waals surface area contributed by atoms with Gasteiger partial charge in [-0.15, -0.1) is 0 Å². The van der Waals surface area contributed by atoms with E-state index in [-0.39, 0.29) is 24.5 Å². The van der Waals surface area contributed by atoms with Crippen molar-refractivity contribution < 1.29 is 24.2 Å². The maximum atomic E-state index is 12.7. The second kappa shape index (κ2) is 39.9. The van der Waals surface area contributed by atoms with E-state index in [1.54, 1.807) is 0 Å². The van der Waals surface area contributed by atoms with Crippen LogP contribution in [0.4, 0.5) is 0 Å². The minimum atomic E-state index is -1.01. The number of carbonyl (C=O) groups excluding carboxylic acids is 2. The molecule has 2 N–H and O–H groups in total. The fraction of sp³-hybridized carbons (Fsp3) is 0.886. The quantitative estimate of drug-likeness (QED) is 0.0376. The van der Waals surface area contributed by atoms with Crippen LogP contribution in [0.2, 0.25) is 0 Å². The van der Waals surface area contributed by atoms with Crippen molar-refractivity contribution in [1.82, 2.24) is 5.32 Å². The summed E-state index contributed by atoms with van der Waals surface area (Å²) in [7, 11) is 0. The molecule has 0 radical (unpaired) electrons. The molecule has 0 bridgehead atoms. The fourth-order valence-corrected chi connectivity index (χ4v) is 6.66. The zero-order valence-electron chi connectivity index (χ0n) is 33.3. The van der Waals surface area contributed by atoms with Gasteiger partial charge in [0.15, 0.2) is 0 Å². The Morgan fingerprint density at radius 1 is 0.520 bits per heavy atom. The Labute approximate surface area is 310 Å². The molecule has 0 rings (SSSR count). The maximum Gasteiger partial charge on any atom is 0.322 e. The van der Waals surface area contributed by atoms with Gasteiger partial charge in [0.25, 0.3) is 0 Å². The lowest BCUT2D eigenvalue weighted by atomic mass is 10.0. The summed E-state index contributed by atoms with van der Waals surface area (Å²) in [6.45, 7) is 4.23. The molecule has 1 amide bonds. The number of nitrogens with one attached hydrogen (secondary N) is 1. The number of ether oxygens (including phenoxy) is 1. The van der Waals surface area contributed by atoms with Crippen LogP contribution in [-0.2, 0) is 19.1 Å². The first-order valence-corrected chi connectivity index (χ1v) is 21.8. The summed E-state index contributed by atoms with van der Waals surface area (Å²) in [4.78, 5) is 34.9. The van der Waals surface area contributed by atoms with Crippen LogP contribution in [0.1, 0.15) is 239 Å². The fourth-order valence-electron chi connectivity index (χ4n) is 6.66. The molecule has 0 spiro atoms. The van der Waals surface area contributed by atoms with Gasteiger partial charge >= 0.3 is 11.9 Å². The van der Waals surface area contributed by atoms with E-state index < -0.39 is 5.97 Å². The van der Waals surface area contributed by atoms with Crippen molar-refractivity contribution in [3.8, 4) is 0 Å². The normalized spacial score (nSPS) is 12.0. The number of allylic oxidation sites excluding steroid dienone is 1. The Morgan fingerprint density at radius 2 is 0.900 bits per heavy atom. The molecule has 0 heterocycles. The first-order valence-electron chi connectivity index (χ1n) is 21.8. The molecule has 0 aliphatic heterocycles. The molecule has 0 aliphatic rings. The lowest BCUT2D eigenvalue weighted by Gasteiger charge is -2.15. The molecule has 294 valence electrons. The van der Waals surface area contributed by atoms with Gasteiger partial charge in [0.05, 0.1) is 0 Å². The predicted molar refractivity (Wildman–Crippen MR) is 213 cm³/mol. The Kier molecular flexibility index (Phi) is 38.5. The molecule has 1 atom stereocenters. The number of hydrogen-bond acceptors (Lipinski definition) is 4. The molecule has 1 unspecified atom stereocenters. The summed E-state index contributed by atoms with van der Waals surface area (Å²) in [5, 5.41) is 11.1. The van der Waals surface area contributed by atoms with Crippen LogP contribution >= 0.6 is 0 Å². The van der Waals surface area contributed by atoms with Crippen LogP contribution in [0.5, 0.6) is 0 Å². The Bertz CT molecular complexity index is 782. The molecule has 6 heteroatoms. The topological polar surface area (TPSA) is 92.7 Å². The van der Waals surface area contributed by atoms with Crippen LogP contribution in [0.3, 0.4) is 0 Å². The van der Waals surface area contributed by atoms with Gasteiger partial charge in [-0.1, -0.05) is 193 Å². The summed E-state index contributed by atoms with van der Waals surface area (Å²) in [5.41, 5.74) is 0. The molecular formula is C44H83NO5. The number of carbonyl (C=O) groups is 3. The summed E-state index contributed by atoms with van der Waals surface area (Å²) >= 11 is 0. The number of unbranched alkanes of at least 4 members (excludes halogenated alkanes) is 29. The first-order chi connectivity index (χ1) is 24.5. The van der Waals surface area contributed by atoms with Crippen LogP contribution in [0.25, 0.3) is 0 Å². The van der Waals surface area contributed by atoms with Crippen molar-refractivity contribution in [3.05, 3.63) is 12.2 Å². The third kappa shape index (κ3) is 38.9. The first kappa shape index (κ1) is 48.1. The summed E-state index contributed by atoms with van der Waals surface area (Å²) in [6, 6.07) is 0. The second-order valence-corrected chi connectivity index (χ2v) is 15.0. The van der Waals surface area contributed by atoms with Crippen molar-refractivity contribution in [2.24, 2.45) is 0 Å². The smallest absolute Gasteiger partial charge is 0.322 e. The molecular weight excluding hydrogens is 622 g/mol. The number of rotatable bonds is 40. The van der Waals surface area contributed by atoms with Crippen molar-refractivity contribution >= 4 is 17.8 Å². The standard InChI is InChI=1S/C44H83NO5/c1-3-5-7-9-11-13-14-15-16-17-18-19-20-21-23-25-31-35-39-44(49)50-41(36-32-28-24-22-12-10-8-6-4-2)37-33-29-26-27-30-34-38-42(46)45-40-43(47)48/h32,36,41H,3-31,33-35,37-40H2,1-2H3,(H,45,46)(H,47,48)/b36-32-. The number of amides is 1. The van der Waals surface area contributed by atoms with E-state index in [1.807, 2.05) is 0 Å². The summed E-state index contributed by atoms with van der Waals surface area (Å²) < 4.78 is 5.95. The molecule has 0 aliphatic carbocycles. The summed E-state index contributed by atoms with van der Waals surface area (Å²) in [6.07, 6.45) is 46.4. The van der Waals surface area contributed by atoms with E-state index in [2.05, 4.69) is 31.3 Å². The van der Waals surface area contributed by atoms with Crippen molar-refractivity contribution in [2.75, 3.05) is 6.54 Å². The van der Waals surface area contributed by atoms with Crippen LogP contribution in [0, 0.1) is 0 Å². The largest absolute Gasteiger partial charge is 0.480 e. The molecule has 0 aromatic heterocycles. The zero-order chi connectivity index (χ0) is 36.6. The van der Waals surface area contributed by atoms with Crippen molar-refractivity contribution in [3.63, 3.8) is 0 Å². The number of hydrogen-bond donors (Lipinski definition) is 2. The molecule has 0 saturated heterocycles. The lowest BCUT2D eigenvalue weighted by Crippen LogP contribution is -2.28. The second-order valence-electron chi connectivity index (χ2n) is 15.0. The molecule has 0 saturated carbocycles. The molecule has 0 aromatic carbocycles. The highest BCUT2D eigenvalue weighted by Gasteiger charge is 2.12. The Morgan fingerprint density at radius 3 is 1.34 bits per heavy atom. The van der Waals surface area contributed by atoms with E-state index in [0.29, 0.717) is 12.8 Å². The van der Waals surface area contributed by atoms with Gasteiger partial charge in [-0.05, 0) is 44.6 Å². The van der Waals surface area contributed by atoms with Gasteiger partial charge < -0.3 is 15.2 Å². The number of esters is 1. The highest BCUT2D eigenvalue weighted by Crippen LogP contribution is 2.17. The van der Waals surface area contributed by atoms with Crippen LogP contribution in [0.15, 0.2) is 12.2 Å². The van der Waals surface area contributed by atoms with E-state index >= 15 is 0 Å². The highest BCUT2D eigenvalue weighted by molar-refractivity contribution is 5.80. The Hall–Kier alpha value is -1.85. The monoisotopic (exact) mass is 706 g/mol. The maximum absolute atomic E-state index is 12.7. The average Bonchev–Trinajstić information content (AvgIpc) is 3.10. The van der Waals surface area contributed by atoms with Crippen LogP contribution < -0.4 is 5.32 Å². The predicted octanol–water partition coefficient (Wildman–Crippen LogP) is 13.3. The number of carboxylic acids is 1. The van der Waals surface area contributed by atoms with Gasteiger partial charge in [-0.25, -0.2) is 0 Å². The Balaban J connectivity index is 4.05. The minimum Gasteiger partial charge on any atom is -0.480 e. The zero-order valence-corrected chi connectivity index (χ0v) is 33.3. The third-order valence-corrected chi connectivity index (χ3v) is 9.92. The SMILES string of the molecule is CCCCCCCCC/C=C\C(CCCCCCCCC(=O)NCC(=O)O)OC(=O)CCCCCCCCCCCCCCCCCCCC. The average molecular weight is 706 g/mol. The van der Waals surface area contributed by atoms with E-state index in [4.69, 9.17) is 9.84 Å². The van der Waals surface area contributed by atoms with E-state index in [1.165, 1.54) is 148 Å². The molecule has 50 heavy (non-hydrogen) atoms. The number of aliphatic carboxylic acids is 1. The van der Waals surface area contributed by atoms with Crippen LogP contribution in [-0.4, -0.2) is 35.6 Å². The van der Waals surface area contributed by atoms with Crippen molar-refractivity contribution in [2.45, 2.75) is 245 Å². The number of carboxylic acid groups (broad SMARTS) is 1. The van der Waals surface area contributed by atoms with Gasteiger partial charge in [-0.3, -0.25) is 14.4 Å². The van der Waals surface area contributed by atoms with Crippen molar-refractivity contribution in [1.29, 1.82) is 0 Å². The van der Waals surface area contributed by atoms with Gasteiger partial charge in [0.1, 0.15) is 12.6 Å². The third-order valence-electron chi connectivity index (χ3n) is 9.92. The van der Waals surface area contributed by atoms with E-state index in [9.17, 15) is 14.4 Å². The van der Waals surface area contributed by atoms with Gasteiger partial charge in [0, 0.05) is 12.8 Å². The highest BCUT2D eigenvalue weighted by atomic mass is 16.5. The van der Waals surface area contributed by atoms with E-state index in [0.717, 1.165) is 64.2 Å². The minimum absolute atomic E-state index is 0.0479.